The molecule has 0 heterocycles. The average Bonchev–Trinajstić information content (AvgIpc) is 2.03. The lowest BCUT2D eigenvalue weighted by Crippen LogP contribution is -2.32. The van der Waals surface area contributed by atoms with E-state index >= 15 is 0 Å². The van der Waals surface area contributed by atoms with Crippen molar-refractivity contribution in [2.45, 2.75) is 20.8 Å². The molecule has 0 saturated heterocycles. The highest BCUT2D eigenvalue weighted by atomic mass is 28.3. The van der Waals surface area contributed by atoms with Gasteiger partial charge in [0.2, 0.25) is 0 Å². The van der Waals surface area contributed by atoms with Gasteiger partial charge in [0.1, 0.15) is 0 Å². The maximum Gasteiger partial charge on any atom is 0.689 e. The number of halogens is 1. The summed E-state index contributed by atoms with van der Waals surface area (Å²) in [5.74, 6) is -1.96. The van der Waals surface area contributed by atoms with Crippen LogP contribution in [0.2, 0.25) is 0 Å². The largest absolute Gasteiger partial charge is 0.689 e. The van der Waals surface area contributed by atoms with Crippen molar-refractivity contribution in [1.82, 2.24) is 0 Å². The number of carbonyl (C=O) groups is 3. The Morgan fingerprint density at radius 1 is 0.800 bits per heavy atom. The van der Waals surface area contributed by atoms with E-state index in [1.165, 1.54) is 0 Å². The third-order valence-corrected chi connectivity index (χ3v) is 2.36. The van der Waals surface area contributed by atoms with Crippen molar-refractivity contribution >= 4 is 27.4 Å². The van der Waals surface area contributed by atoms with Crippen molar-refractivity contribution in [3.8, 4) is 0 Å². The second-order valence-corrected chi connectivity index (χ2v) is 3.40. The highest BCUT2D eigenvalue weighted by Gasteiger charge is 2.25. The van der Waals surface area contributed by atoms with Gasteiger partial charge in [-0.25, -0.2) is 0 Å². The Morgan fingerprint density at radius 3 is 1.13 bits per heavy atom. The zero-order chi connectivity index (χ0) is 12.4. The molecule has 0 bridgehead atoms. The standard InChI is InChI=1S/C6H10O6Si.CH3F/c1-4(7)10-13(11-5(2)8)12-6(3)9;1-2/h13H,1-3H3;1H3. The molecule has 0 aliphatic carbocycles. The highest BCUT2D eigenvalue weighted by Crippen LogP contribution is 1.94. The first-order valence-electron chi connectivity index (χ1n) is 3.81. The normalized spacial score (nSPS) is 8.40. The van der Waals surface area contributed by atoms with Crippen molar-refractivity contribution in [2.24, 2.45) is 0 Å². The minimum absolute atomic E-state index is 0.500. The summed E-state index contributed by atoms with van der Waals surface area (Å²) in [4.78, 5) is 31.3. The van der Waals surface area contributed by atoms with Crippen LogP contribution < -0.4 is 0 Å². The van der Waals surface area contributed by atoms with E-state index < -0.39 is 27.4 Å². The maximum absolute atomic E-state index is 10.4. The number of hydrogen-bond acceptors (Lipinski definition) is 6. The molecule has 0 atom stereocenters. The summed E-state index contributed by atoms with van der Waals surface area (Å²) in [5, 5.41) is 0. The second-order valence-electron chi connectivity index (χ2n) is 2.12. The summed E-state index contributed by atoms with van der Waals surface area (Å²) in [6.07, 6.45) is 0. The Balaban J connectivity index is 0. The van der Waals surface area contributed by atoms with Gasteiger partial charge in [0, 0.05) is 20.8 Å². The van der Waals surface area contributed by atoms with Gasteiger partial charge >= 0.3 is 9.53 Å². The third-order valence-electron chi connectivity index (χ3n) is 0.787. The molecule has 0 radical (unpaired) electrons. The van der Waals surface area contributed by atoms with Crippen molar-refractivity contribution in [3.63, 3.8) is 0 Å². The van der Waals surface area contributed by atoms with Crippen LogP contribution in [0.5, 0.6) is 0 Å². The van der Waals surface area contributed by atoms with Crippen LogP contribution in [0.25, 0.3) is 0 Å². The summed E-state index contributed by atoms with van der Waals surface area (Å²) in [6, 6.07) is 0. The summed E-state index contributed by atoms with van der Waals surface area (Å²) in [5.41, 5.74) is 0. The molecular formula is C7H13FO6Si. The molecule has 0 fully saturated rings. The summed E-state index contributed by atoms with van der Waals surface area (Å²) >= 11 is 0. The molecule has 0 N–H and O–H groups in total. The Morgan fingerprint density at radius 2 is 1.00 bits per heavy atom. The monoisotopic (exact) mass is 240 g/mol. The zero-order valence-corrected chi connectivity index (χ0v) is 10.1. The van der Waals surface area contributed by atoms with E-state index in [-0.39, 0.29) is 0 Å². The molecule has 88 valence electrons. The molecule has 0 rings (SSSR count). The van der Waals surface area contributed by atoms with E-state index in [1.807, 2.05) is 0 Å². The number of carbonyl (C=O) groups excluding carboxylic acids is 3. The van der Waals surface area contributed by atoms with Gasteiger partial charge in [-0.15, -0.1) is 0 Å². The minimum atomic E-state index is -2.96. The van der Waals surface area contributed by atoms with Gasteiger partial charge in [0.15, 0.2) is 0 Å². The molecular weight excluding hydrogens is 227 g/mol. The Kier molecular flexibility index (Phi) is 9.74. The fourth-order valence-corrected chi connectivity index (χ4v) is 1.44. The van der Waals surface area contributed by atoms with E-state index in [1.54, 1.807) is 0 Å². The zero-order valence-electron chi connectivity index (χ0n) is 8.90. The molecule has 0 aromatic heterocycles. The lowest BCUT2D eigenvalue weighted by atomic mass is 10.9. The molecule has 8 heteroatoms. The quantitative estimate of drug-likeness (QED) is 0.645. The molecule has 15 heavy (non-hydrogen) atoms. The lowest BCUT2D eigenvalue weighted by Gasteiger charge is -2.12. The lowest BCUT2D eigenvalue weighted by molar-refractivity contribution is -0.144. The van der Waals surface area contributed by atoms with Crippen LogP contribution in [-0.4, -0.2) is 34.6 Å². The van der Waals surface area contributed by atoms with E-state index in [0.29, 0.717) is 7.18 Å². The average molecular weight is 240 g/mol. The van der Waals surface area contributed by atoms with Crippen LogP contribution in [0.4, 0.5) is 4.39 Å². The molecule has 0 saturated carbocycles. The van der Waals surface area contributed by atoms with Crippen molar-refractivity contribution in [1.29, 1.82) is 0 Å². The molecule has 0 aliphatic heterocycles. The Hall–Kier alpha value is -1.44. The minimum Gasteiger partial charge on any atom is -0.458 e. The van der Waals surface area contributed by atoms with Gasteiger partial charge in [-0.1, -0.05) is 0 Å². The SMILES string of the molecule is CC(=O)O[SiH](OC(C)=O)OC(C)=O.CF. The summed E-state index contributed by atoms with van der Waals surface area (Å²) in [7, 11) is -2.46. The van der Waals surface area contributed by atoms with Crippen molar-refractivity contribution in [2.75, 3.05) is 7.18 Å². The predicted molar refractivity (Wildman–Crippen MR) is 49.5 cm³/mol. The topological polar surface area (TPSA) is 78.9 Å². The fraction of sp³-hybridized carbons (Fsp3) is 0.571. The van der Waals surface area contributed by atoms with Gasteiger partial charge in [-0.3, -0.25) is 18.8 Å². The van der Waals surface area contributed by atoms with Gasteiger partial charge < -0.3 is 13.3 Å². The van der Waals surface area contributed by atoms with E-state index in [2.05, 4.69) is 13.3 Å². The first-order valence-corrected chi connectivity index (χ1v) is 5.22. The molecule has 0 unspecified atom stereocenters. The molecule has 6 nitrogen and oxygen atoms in total. The van der Waals surface area contributed by atoms with Crippen LogP contribution in [-0.2, 0) is 27.7 Å². The van der Waals surface area contributed by atoms with Crippen LogP contribution in [0.15, 0.2) is 0 Å². The van der Waals surface area contributed by atoms with Crippen LogP contribution in [0.1, 0.15) is 20.8 Å². The molecule has 0 amide bonds. The van der Waals surface area contributed by atoms with Gasteiger partial charge in [-0.2, -0.15) is 0 Å². The van der Waals surface area contributed by atoms with Crippen molar-refractivity contribution in [3.05, 3.63) is 0 Å². The van der Waals surface area contributed by atoms with Gasteiger partial charge in [0.05, 0.1) is 7.18 Å². The predicted octanol–water partition coefficient (Wildman–Crippen LogP) is -0.0214. The van der Waals surface area contributed by atoms with Crippen LogP contribution in [0.3, 0.4) is 0 Å². The van der Waals surface area contributed by atoms with E-state index in [9.17, 15) is 18.8 Å². The Bertz CT molecular complexity index is 193. The number of rotatable bonds is 3. The smallest absolute Gasteiger partial charge is 0.458 e. The second kappa shape index (κ2) is 9.13. The number of hydrogen-bond donors (Lipinski definition) is 0. The summed E-state index contributed by atoms with van der Waals surface area (Å²) < 4.78 is 23.0. The molecule has 0 aromatic rings. The first kappa shape index (κ1) is 16.0. The summed E-state index contributed by atoms with van der Waals surface area (Å²) in [6.45, 7) is 3.40. The first-order chi connectivity index (χ1) is 6.91. The van der Waals surface area contributed by atoms with Crippen LogP contribution >= 0.6 is 0 Å². The van der Waals surface area contributed by atoms with Crippen LogP contribution in [0, 0.1) is 0 Å². The van der Waals surface area contributed by atoms with Crippen molar-refractivity contribution < 1.29 is 32.1 Å². The third kappa shape index (κ3) is 12.6. The molecule has 0 aromatic carbocycles. The highest BCUT2D eigenvalue weighted by molar-refractivity contribution is 6.43. The molecule has 0 spiro atoms. The fourth-order valence-electron chi connectivity index (χ4n) is 0.479. The van der Waals surface area contributed by atoms with E-state index in [4.69, 9.17) is 0 Å². The molecule has 0 aliphatic rings. The maximum atomic E-state index is 10.4. The van der Waals surface area contributed by atoms with Gasteiger partial charge in [-0.05, 0) is 0 Å². The van der Waals surface area contributed by atoms with E-state index in [0.717, 1.165) is 20.8 Å². The van der Waals surface area contributed by atoms with Gasteiger partial charge in [0.25, 0.3) is 17.9 Å². The number of alkyl halides is 1. The Labute approximate surface area is 88.3 Å².